The number of carbonyl (C=O) groups excluding carboxylic acids is 2. The van der Waals surface area contributed by atoms with Crippen LogP contribution in [0.1, 0.15) is 32.7 Å². The molecule has 0 N–H and O–H groups in total. The highest BCUT2D eigenvalue weighted by Crippen LogP contribution is 2.19. The Bertz CT molecular complexity index is 472. The van der Waals surface area contributed by atoms with Crippen LogP contribution in [-0.2, 0) is 11.2 Å². The number of hydrogen-bond donors (Lipinski definition) is 0. The molecule has 82 valence electrons. The Morgan fingerprint density at radius 1 is 1.38 bits per heavy atom. The van der Waals surface area contributed by atoms with Gasteiger partial charge in [-0.3, -0.25) is 4.79 Å². The zero-order chi connectivity index (χ0) is 11.5. The first kappa shape index (κ1) is 10.6. The van der Waals surface area contributed by atoms with Crippen LogP contribution in [0.4, 0.5) is 0 Å². The van der Waals surface area contributed by atoms with E-state index in [4.69, 9.17) is 0 Å². The fraction of sp³-hybridized carbons (Fsp3) is 0.231. The van der Waals surface area contributed by atoms with E-state index in [2.05, 4.69) is 4.74 Å². The van der Waals surface area contributed by atoms with Gasteiger partial charge >= 0.3 is 5.97 Å². The Labute approximate surface area is 93.7 Å². The second kappa shape index (κ2) is 4.31. The quantitative estimate of drug-likeness (QED) is 0.675. The van der Waals surface area contributed by atoms with Gasteiger partial charge in [-0.2, -0.15) is 0 Å². The Morgan fingerprint density at radius 3 is 2.94 bits per heavy atom. The fourth-order valence-electron chi connectivity index (χ4n) is 1.80. The van der Waals surface area contributed by atoms with Crippen molar-refractivity contribution in [3.63, 3.8) is 0 Å². The fourth-order valence-corrected chi connectivity index (χ4v) is 1.80. The lowest BCUT2D eigenvalue weighted by molar-refractivity contribution is 0.0600. The first-order valence-corrected chi connectivity index (χ1v) is 5.14. The zero-order valence-electron chi connectivity index (χ0n) is 9.03. The molecule has 0 amide bonds. The van der Waals surface area contributed by atoms with Crippen LogP contribution in [0.25, 0.3) is 0 Å². The van der Waals surface area contributed by atoms with Gasteiger partial charge in [-0.15, -0.1) is 0 Å². The molecular weight excluding hydrogens is 204 g/mol. The van der Waals surface area contributed by atoms with E-state index in [0.29, 0.717) is 11.1 Å². The number of ether oxygens (including phenoxy) is 1. The summed E-state index contributed by atoms with van der Waals surface area (Å²) in [5.41, 5.74) is 2.09. The van der Waals surface area contributed by atoms with E-state index in [0.717, 1.165) is 18.4 Å². The molecular formula is C13H12O3. The lowest BCUT2D eigenvalue weighted by atomic mass is 9.99. The predicted molar refractivity (Wildman–Crippen MR) is 59.6 cm³/mol. The molecule has 0 unspecified atom stereocenters. The zero-order valence-corrected chi connectivity index (χ0v) is 9.03. The van der Waals surface area contributed by atoms with Crippen molar-refractivity contribution in [2.24, 2.45) is 0 Å². The maximum atomic E-state index is 11.7. The van der Waals surface area contributed by atoms with Crippen molar-refractivity contribution in [1.82, 2.24) is 0 Å². The molecule has 0 radical (unpaired) electrons. The van der Waals surface area contributed by atoms with Gasteiger partial charge in [0.15, 0.2) is 5.78 Å². The molecule has 16 heavy (non-hydrogen) atoms. The van der Waals surface area contributed by atoms with Gasteiger partial charge < -0.3 is 4.74 Å². The van der Waals surface area contributed by atoms with Crippen LogP contribution >= 0.6 is 0 Å². The summed E-state index contributed by atoms with van der Waals surface area (Å²) in [4.78, 5) is 23.0. The minimum absolute atomic E-state index is 0.00363. The largest absolute Gasteiger partial charge is 0.465 e. The summed E-state index contributed by atoms with van der Waals surface area (Å²) in [6.45, 7) is 0. The number of rotatable bonds is 1. The van der Waals surface area contributed by atoms with Gasteiger partial charge in [0.25, 0.3) is 0 Å². The summed E-state index contributed by atoms with van der Waals surface area (Å²) < 4.78 is 4.65. The van der Waals surface area contributed by atoms with E-state index >= 15 is 0 Å². The monoisotopic (exact) mass is 216 g/mol. The number of aryl methyl sites for hydroxylation is 1. The van der Waals surface area contributed by atoms with E-state index < -0.39 is 0 Å². The third-order valence-corrected chi connectivity index (χ3v) is 2.64. The average Bonchev–Trinajstić information content (AvgIpc) is 2.50. The third-order valence-electron chi connectivity index (χ3n) is 2.64. The third kappa shape index (κ3) is 1.89. The number of ketones is 1. The first-order chi connectivity index (χ1) is 7.72. The van der Waals surface area contributed by atoms with Crippen LogP contribution in [0.5, 0.6) is 0 Å². The van der Waals surface area contributed by atoms with E-state index in [9.17, 15) is 9.59 Å². The SMILES string of the molecule is COC(=O)c1ccc2c(c1)CCC=CC2=O. The highest BCUT2D eigenvalue weighted by molar-refractivity contribution is 6.06. The second-order valence-corrected chi connectivity index (χ2v) is 3.67. The van der Waals surface area contributed by atoms with Crippen LogP contribution < -0.4 is 0 Å². The minimum atomic E-state index is -0.368. The summed E-state index contributed by atoms with van der Waals surface area (Å²) >= 11 is 0. The molecule has 1 aliphatic carbocycles. The maximum Gasteiger partial charge on any atom is 0.337 e. The number of hydrogen-bond acceptors (Lipinski definition) is 3. The van der Waals surface area contributed by atoms with Crippen molar-refractivity contribution >= 4 is 11.8 Å². The van der Waals surface area contributed by atoms with Crippen LogP contribution in [0.2, 0.25) is 0 Å². The average molecular weight is 216 g/mol. The van der Waals surface area contributed by atoms with E-state index in [1.807, 2.05) is 6.08 Å². The topological polar surface area (TPSA) is 43.4 Å². The van der Waals surface area contributed by atoms with Crippen LogP contribution in [-0.4, -0.2) is 18.9 Å². The maximum absolute atomic E-state index is 11.7. The van der Waals surface area contributed by atoms with E-state index in [-0.39, 0.29) is 11.8 Å². The lowest BCUT2D eigenvalue weighted by Gasteiger charge is -2.06. The summed E-state index contributed by atoms with van der Waals surface area (Å²) in [6, 6.07) is 5.06. The van der Waals surface area contributed by atoms with Gasteiger partial charge in [-0.1, -0.05) is 6.08 Å². The van der Waals surface area contributed by atoms with Gasteiger partial charge in [0.2, 0.25) is 0 Å². The number of allylic oxidation sites excluding steroid dienone is 2. The Morgan fingerprint density at radius 2 is 2.19 bits per heavy atom. The molecule has 0 aliphatic heterocycles. The molecule has 0 heterocycles. The first-order valence-electron chi connectivity index (χ1n) is 5.14. The molecule has 0 aromatic heterocycles. The van der Waals surface area contributed by atoms with Crippen molar-refractivity contribution in [2.75, 3.05) is 7.11 Å². The molecule has 0 atom stereocenters. The van der Waals surface area contributed by atoms with Crippen molar-refractivity contribution < 1.29 is 14.3 Å². The Balaban J connectivity index is 2.44. The Hall–Kier alpha value is -1.90. The van der Waals surface area contributed by atoms with Crippen LogP contribution in [0.15, 0.2) is 30.4 Å². The molecule has 0 spiro atoms. The standard InChI is InChI=1S/C13H12O3/c1-16-13(15)10-6-7-11-9(8-10)4-2-3-5-12(11)14/h3,5-8H,2,4H2,1H3. The minimum Gasteiger partial charge on any atom is -0.465 e. The van der Waals surface area contributed by atoms with Crippen molar-refractivity contribution in [2.45, 2.75) is 12.8 Å². The molecule has 0 fully saturated rings. The second-order valence-electron chi connectivity index (χ2n) is 3.67. The van der Waals surface area contributed by atoms with Gasteiger partial charge in [0.1, 0.15) is 0 Å². The molecule has 1 aromatic carbocycles. The van der Waals surface area contributed by atoms with Gasteiger partial charge in [-0.05, 0) is 42.7 Å². The normalized spacial score (nSPS) is 14.2. The highest BCUT2D eigenvalue weighted by atomic mass is 16.5. The Kier molecular flexibility index (Phi) is 2.86. The van der Waals surface area contributed by atoms with Gasteiger partial charge in [0, 0.05) is 5.56 Å². The van der Waals surface area contributed by atoms with E-state index in [1.54, 1.807) is 24.3 Å². The number of benzene rings is 1. The predicted octanol–water partition coefficient (Wildman–Crippen LogP) is 2.16. The van der Waals surface area contributed by atoms with Crippen LogP contribution in [0, 0.1) is 0 Å². The summed E-state index contributed by atoms with van der Waals surface area (Å²) in [5.74, 6) is -0.364. The number of carbonyl (C=O) groups is 2. The number of fused-ring (bicyclic) bond motifs is 1. The van der Waals surface area contributed by atoms with Crippen LogP contribution in [0.3, 0.4) is 0 Å². The molecule has 1 aromatic rings. The molecule has 3 heteroatoms. The van der Waals surface area contributed by atoms with Gasteiger partial charge in [0.05, 0.1) is 12.7 Å². The summed E-state index contributed by atoms with van der Waals surface area (Å²) in [5, 5.41) is 0. The summed E-state index contributed by atoms with van der Waals surface area (Å²) in [6.07, 6.45) is 5.05. The highest BCUT2D eigenvalue weighted by Gasteiger charge is 2.14. The number of methoxy groups -OCH3 is 1. The number of esters is 1. The van der Waals surface area contributed by atoms with Gasteiger partial charge in [-0.25, -0.2) is 4.79 Å². The molecule has 0 saturated carbocycles. The molecule has 1 aliphatic rings. The lowest BCUT2D eigenvalue weighted by Crippen LogP contribution is -2.05. The molecule has 0 saturated heterocycles. The molecule has 0 bridgehead atoms. The molecule has 2 rings (SSSR count). The van der Waals surface area contributed by atoms with Crippen molar-refractivity contribution in [1.29, 1.82) is 0 Å². The van der Waals surface area contributed by atoms with Crippen molar-refractivity contribution in [3.05, 3.63) is 47.0 Å². The smallest absolute Gasteiger partial charge is 0.337 e. The summed E-state index contributed by atoms with van der Waals surface area (Å²) in [7, 11) is 1.35. The van der Waals surface area contributed by atoms with Crippen molar-refractivity contribution in [3.8, 4) is 0 Å². The molecule has 3 nitrogen and oxygen atoms in total. The van der Waals surface area contributed by atoms with E-state index in [1.165, 1.54) is 7.11 Å².